The van der Waals surface area contributed by atoms with Gasteiger partial charge in [-0.25, -0.2) is 9.18 Å². The summed E-state index contributed by atoms with van der Waals surface area (Å²) in [6.45, 7) is 3.23. The van der Waals surface area contributed by atoms with E-state index in [4.69, 9.17) is 18.9 Å². The summed E-state index contributed by atoms with van der Waals surface area (Å²) < 4.78 is 35.6. The van der Waals surface area contributed by atoms with Gasteiger partial charge in [0.1, 0.15) is 18.8 Å². The van der Waals surface area contributed by atoms with Crippen LogP contribution in [0.25, 0.3) is 0 Å². The number of rotatable bonds is 3. The maximum absolute atomic E-state index is 14.2. The number of esters is 1. The highest BCUT2D eigenvalue weighted by Crippen LogP contribution is 2.38. The van der Waals surface area contributed by atoms with Gasteiger partial charge in [0.2, 0.25) is 0 Å². The molecule has 0 aromatic heterocycles. The Kier molecular flexibility index (Phi) is 3.69. The van der Waals surface area contributed by atoms with E-state index in [1.54, 1.807) is 44.2 Å². The first-order valence-corrected chi connectivity index (χ1v) is 6.84. The molecular formula is C15H17FO5. The van der Waals surface area contributed by atoms with Gasteiger partial charge in [-0.3, -0.25) is 0 Å². The maximum Gasteiger partial charge on any atom is 0.338 e. The van der Waals surface area contributed by atoms with Crippen molar-refractivity contribution in [3.63, 3.8) is 0 Å². The van der Waals surface area contributed by atoms with Crippen molar-refractivity contribution in [1.82, 2.24) is 0 Å². The minimum atomic E-state index is -1.39. The summed E-state index contributed by atoms with van der Waals surface area (Å²) in [4.78, 5) is 11.8. The van der Waals surface area contributed by atoms with Gasteiger partial charge in [0.05, 0.1) is 5.56 Å². The molecule has 2 aliphatic heterocycles. The van der Waals surface area contributed by atoms with E-state index >= 15 is 0 Å². The fourth-order valence-corrected chi connectivity index (χ4v) is 2.48. The highest BCUT2D eigenvalue weighted by molar-refractivity contribution is 5.89. The van der Waals surface area contributed by atoms with E-state index in [2.05, 4.69) is 0 Å². The Morgan fingerprint density at radius 2 is 2.00 bits per heavy atom. The van der Waals surface area contributed by atoms with Crippen LogP contribution in [0.5, 0.6) is 0 Å². The standard InChI is InChI=1S/C15H17FO5/c1-15(2)20-12-11(16)10(19-14(12)21-15)8-18-13(17)9-6-4-3-5-7-9/h3-7,10-12,14H,8H2,1-2H3/t10-,11+,12-,14-/m1/s1. The molecule has 0 aliphatic carbocycles. The summed E-state index contributed by atoms with van der Waals surface area (Å²) in [5, 5.41) is 0. The van der Waals surface area contributed by atoms with E-state index in [-0.39, 0.29) is 6.61 Å². The number of hydrogen-bond donors (Lipinski definition) is 0. The van der Waals surface area contributed by atoms with Crippen molar-refractivity contribution in [1.29, 1.82) is 0 Å². The molecule has 0 spiro atoms. The summed E-state index contributed by atoms with van der Waals surface area (Å²) in [6, 6.07) is 8.53. The number of ether oxygens (including phenoxy) is 4. The molecule has 0 radical (unpaired) electrons. The third-order valence-electron chi connectivity index (χ3n) is 3.45. The van der Waals surface area contributed by atoms with Gasteiger partial charge < -0.3 is 18.9 Å². The predicted octanol–water partition coefficient (Wildman–Crippen LogP) is 2.06. The van der Waals surface area contributed by atoms with Crippen molar-refractivity contribution in [3.05, 3.63) is 35.9 Å². The van der Waals surface area contributed by atoms with E-state index in [0.717, 1.165) is 0 Å². The van der Waals surface area contributed by atoms with Crippen LogP contribution in [0.1, 0.15) is 24.2 Å². The topological polar surface area (TPSA) is 54.0 Å². The largest absolute Gasteiger partial charge is 0.459 e. The van der Waals surface area contributed by atoms with E-state index < -0.39 is 36.4 Å². The normalized spacial score (nSPS) is 33.7. The van der Waals surface area contributed by atoms with Crippen LogP contribution < -0.4 is 0 Å². The lowest BCUT2D eigenvalue weighted by atomic mass is 10.2. The number of carbonyl (C=O) groups is 1. The number of halogens is 1. The molecule has 114 valence electrons. The highest BCUT2D eigenvalue weighted by atomic mass is 19.1. The summed E-state index contributed by atoms with van der Waals surface area (Å²) in [6.07, 6.45) is -3.79. The van der Waals surface area contributed by atoms with Gasteiger partial charge in [0.15, 0.2) is 18.2 Å². The zero-order chi connectivity index (χ0) is 15.0. The fraction of sp³-hybridized carbons (Fsp3) is 0.533. The van der Waals surface area contributed by atoms with Crippen molar-refractivity contribution in [2.24, 2.45) is 0 Å². The molecule has 2 saturated heterocycles. The van der Waals surface area contributed by atoms with Crippen molar-refractivity contribution >= 4 is 5.97 Å². The molecule has 0 saturated carbocycles. The van der Waals surface area contributed by atoms with Gasteiger partial charge in [-0.05, 0) is 26.0 Å². The van der Waals surface area contributed by atoms with Crippen LogP contribution in [0.4, 0.5) is 4.39 Å². The first-order valence-electron chi connectivity index (χ1n) is 6.84. The average Bonchev–Trinajstić information content (AvgIpc) is 2.91. The molecule has 2 heterocycles. The maximum atomic E-state index is 14.2. The van der Waals surface area contributed by atoms with Gasteiger partial charge in [-0.2, -0.15) is 0 Å². The molecule has 2 aliphatic rings. The molecule has 6 heteroatoms. The Labute approximate surface area is 121 Å². The van der Waals surface area contributed by atoms with E-state index in [1.165, 1.54) is 0 Å². The fourth-order valence-electron chi connectivity index (χ4n) is 2.48. The lowest BCUT2D eigenvalue weighted by Gasteiger charge is -2.21. The highest BCUT2D eigenvalue weighted by Gasteiger charge is 2.55. The van der Waals surface area contributed by atoms with Crippen LogP contribution in [0.3, 0.4) is 0 Å². The molecule has 3 rings (SSSR count). The second kappa shape index (κ2) is 5.36. The molecule has 1 aromatic rings. The van der Waals surface area contributed by atoms with Crippen LogP contribution in [0.2, 0.25) is 0 Å². The number of carbonyl (C=O) groups excluding carboxylic acids is 1. The van der Waals surface area contributed by atoms with Crippen molar-refractivity contribution in [2.75, 3.05) is 6.61 Å². The van der Waals surface area contributed by atoms with E-state index in [9.17, 15) is 9.18 Å². The Morgan fingerprint density at radius 1 is 1.29 bits per heavy atom. The van der Waals surface area contributed by atoms with Crippen LogP contribution in [0.15, 0.2) is 30.3 Å². The first-order chi connectivity index (χ1) is 9.96. The molecule has 0 amide bonds. The molecule has 5 nitrogen and oxygen atoms in total. The Balaban J connectivity index is 1.55. The third kappa shape index (κ3) is 2.92. The second-order valence-electron chi connectivity index (χ2n) is 5.55. The third-order valence-corrected chi connectivity index (χ3v) is 3.45. The number of alkyl halides is 1. The smallest absolute Gasteiger partial charge is 0.338 e. The average molecular weight is 296 g/mol. The summed E-state index contributed by atoms with van der Waals surface area (Å²) in [5.41, 5.74) is 0.416. The molecule has 0 bridgehead atoms. The van der Waals surface area contributed by atoms with Crippen molar-refractivity contribution in [2.45, 2.75) is 44.3 Å². The van der Waals surface area contributed by atoms with Gasteiger partial charge in [-0.1, -0.05) is 18.2 Å². The van der Waals surface area contributed by atoms with E-state index in [1.807, 2.05) is 0 Å². The van der Waals surface area contributed by atoms with Crippen molar-refractivity contribution in [3.8, 4) is 0 Å². The zero-order valence-corrected chi connectivity index (χ0v) is 11.8. The lowest BCUT2D eigenvalue weighted by Crippen LogP contribution is -2.34. The van der Waals surface area contributed by atoms with E-state index in [0.29, 0.717) is 5.56 Å². The summed E-state index contributed by atoms with van der Waals surface area (Å²) >= 11 is 0. The quantitative estimate of drug-likeness (QED) is 0.799. The molecular weight excluding hydrogens is 279 g/mol. The van der Waals surface area contributed by atoms with Gasteiger partial charge in [-0.15, -0.1) is 0 Å². The van der Waals surface area contributed by atoms with Crippen molar-refractivity contribution < 1.29 is 28.1 Å². The SMILES string of the molecule is CC1(C)O[C@H]2O[C@H](COC(=O)c3ccccc3)[C@H](F)[C@H]2O1. The molecule has 1 aromatic carbocycles. The Hall–Kier alpha value is -1.50. The minimum absolute atomic E-state index is 0.172. The lowest BCUT2D eigenvalue weighted by molar-refractivity contribution is -0.214. The first kappa shape index (κ1) is 14.4. The second-order valence-corrected chi connectivity index (χ2v) is 5.55. The van der Waals surface area contributed by atoms with Crippen LogP contribution in [-0.2, 0) is 18.9 Å². The van der Waals surface area contributed by atoms with Crippen LogP contribution >= 0.6 is 0 Å². The summed E-state index contributed by atoms with van der Waals surface area (Å²) in [7, 11) is 0. The number of hydrogen-bond acceptors (Lipinski definition) is 5. The monoisotopic (exact) mass is 296 g/mol. The van der Waals surface area contributed by atoms with Gasteiger partial charge >= 0.3 is 5.97 Å². The molecule has 0 N–H and O–H groups in total. The Bertz CT molecular complexity index is 518. The molecule has 2 fully saturated rings. The van der Waals surface area contributed by atoms with Crippen LogP contribution in [-0.4, -0.2) is 43.0 Å². The van der Waals surface area contributed by atoms with Gasteiger partial charge in [0.25, 0.3) is 0 Å². The number of benzene rings is 1. The zero-order valence-electron chi connectivity index (χ0n) is 11.8. The number of fused-ring (bicyclic) bond motifs is 1. The molecule has 0 unspecified atom stereocenters. The molecule has 21 heavy (non-hydrogen) atoms. The van der Waals surface area contributed by atoms with Gasteiger partial charge in [0, 0.05) is 0 Å². The molecule has 4 atom stereocenters. The Morgan fingerprint density at radius 3 is 2.67 bits per heavy atom. The summed E-state index contributed by atoms with van der Waals surface area (Å²) in [5.74, 6) is -1.36. The predicted molar refractivity (Wildman–Crippen MR) is 70.3 cm³/mol. The van der Waals surface area contributed by atoms with Crippen LogP contribution in [0, 0.1) is 0 Å². The minimum Gasteiger partial charge on any atom is -0.459 e.